The van der Waals surface area contributed by atoms with Gasteiger partial charge >= 0.3 is 11.7 Å². The molecule has 2 heterocycles. The highest BCUT2D eigenvalue weighted by molar-refractivity contribution is 7.51. The lowest BCUT2D eigenvalue weighted by molar-refractivity contribution is -0.152. The highest BCUT2D eigenvalue weighted by Crippen LogP contribution is 2.51. The van der Waals surface area contributed by atoms with E-state index >= 15 is 0 Å². The van der Waals surface area contributed by atoms with Gasteiger partial charge in [0.05, 0.1) is 34.0 Å². The molecule has 0 radical (unpaired) electrons. The van der Waals surface area contributed by atoms with Crippen molar-refractivity contribution < 1.29 is 42.5 Å². The van der Waals surface area contributed by atoms with Crippen LogP contribution in [-0.4, -0.2) is 103 Å². The Hall–Kier alpha value is -4.84. The molecule has 0 spiro atoms. The SMILES string of the molecule is C#CCC(C)(C)OC(=O)CP(OC1[C@@H](COC(c2ccccc2)(c2ccc(OC)cc2)c2ccc(OC)cc2)O[C@@H](n2cc(C)c(=O)[nH]c2=O)[C@H]1OCCOC)N(C(C)C)C(C)C. The van der Waals surface area contributed by atoms with Crippen LogP contribution in [0.3, 0.4) is 0 Å². The van der Waals surface area contributed by atoms with Crippen molar-refractivity contribution in [2.75, 3.05) is 47.3 Å². The van der Waals surface area contributed by atoms with Gasteiger partial charge in [0.25, 0.3) is 5.56 Å². The maximum atomic E-state index is 13.9. The third kappa shape index (κ3) is 11.8. The topological polar surface area (TPSA) is 149 Å². The molecule has 0 amide bonds. The van der Waals surface area contributed by atoms with Crippen LogP contribution in [0.15, 0.2) is 94.6 Å². The summed E-state index contributed by atoms with van der Waals surface area (Å²) in [6, 6.07) is 25.0. The number of nitrogens with zero attached hydrogens (tertiary/aromatic N) is 2. The predicted molar refractivity (Wildman–Crippen MR) is 242 cm³/mol. The van der Waals surface area contributed by atoms with Crippen molar-refractivity contribution in [2.24, 2.45) is 0 Å². The summed E-state index contributed by atoms with van der Waals surface area (Å²) < 4.78 is 54.0. The number of esters is 1. The lowest BCUT2D eigenvalue weighted by atomic mass is 9.80. The highest BCUT2D eigenvalue weighted by atomic mass is 31.2. The number of hydrogen-bond donors (Lipinski definition) is 1. The molecule has 5 rings (SSSR count). The van der Waals surface area contributed by atoms with E-state index in [9.17, 15) is 14.4 Å². The number of ether oxygens (including phenoxy) is 7. The number of aryl methyl sites for hydroxylation is 1. The third-order valence-corrected chi connectivity index (χ3v) is 13.1. The number of nitrogens with one attached hydrogen (secondary N) is 1. The van der Waals surface area contributed by atoms with Crippen molar-refractivity contribution in [2.45, 2.75) is 103 Å². The Balaban J connectivity index is 1.70. The molecular weight excluding hydrogens is 826 g/mol. The van der Waals surface area contributed by atoms with Gasteiger partial charge in [0, 0.05) is 37.4 Å². The van der Waals surface area contributed by atoms with Crippen LogP contribution in [0.4, 0.5) is 0 Å². The number of carbonyl (C=O) groups is 1. The first-order chi connectivity index (χ1) is 30.1. The molecule has 1 aromatic heterocycles. The molecule has 5 atom stereocenters. The number of terminal acetylenes is 1. The van der Waals surface area contributed by atoms with Gasteiger partial charge in [-0.1, -0.05) is 54.6 Å². The lowest BCUT2D eigenvalue weighted by Crippen LogP contribution is -2.44. The second kappa shape index (κ2) is 22.2. The largest absolute Gasteiger partial charge is 0.497 e. The summed E-state index contributed by atoms with van der Waals surface area (Å²) in [4.78, 5) is 42.6. The van der Waals surface area contributed by atoms with Crippen LogP contribution < -0.4 is 20.7 Å². The zero-order valence-corrected chi connectivity index (χ0v) is 38.9. The van der Waals surface area contributed by atoms with E-state index in [0.717, 1.165) is 16.7 Å². The van der Waals surface area contributed by atoms with E-state index in [-0.39, 0.29) is 44.5 Å². The van der Waals surface area contributed by atoms with Crippen LogP contribution in [0.5, 0.6) is 11.5 Å². The van der Waals surface area contributed by atoms with Crippen molar-refractivity contribution in [3.63, 3.8) is 0 Å². The number of aromatic amines is 1. The molecule has 15 heteroatoms. The Kier molecular flexibility index (Phi) is 17.3. The molecule has 63 heavy (non-hydrogen) atoms. The Labute approximate surface area is 372 Å². The Morgan fingerprint density at radius 3 is 1.97 bits per heavy atom. The molecule has 1 fully saturated rings. The van der Waals surface area contributed by atoms with Crippen LogP contribution in [0, 0.1) is 19.3 Å². The maximum absolute atomic E-state index is 13.9. The third-order valence-electron chi connectivity index (χ3n) is 10.7. The van der Waals surface area contributed by atoms with Gasteiger partial charge in [-0.2, -0.15) is 0 Å². The average molecular weight is 888 g/mol. The molecule has 2 unspecified atom stereocenters. The van der Waals surface area contributed by atoms with Gasteiger partial charge < -0.3 is 37.7 Å². The molecular formula is C48H62N3O11P. The summed E-state index contributed by atoms with van der Waals surface area (Å²) in [5, 5.41) is 0. The number of hydrogen-bond acceptors (Lipinski definition) is 12. The fourth-order valence-corrected chi connectivity index (χ4v) is 10.1. The quantitative estimate of drug-likeness (QED) is 0.0286. The summed E-state index contributed by atoms with van der Waals surface area (Å²) >= 11 is 0. The van der Waals surface area contributed by atoms with Gasteiger partial charge in [-0.3, -0.25) is 23.8 Å². The van der Waals surface area contributed by atoms with E-state index in [1.54, 1.807) is 42.1 Å². The van der Waals surface area contributed by atoms with Gasteiger partial charge in [-0.05, 0) is 89.4 Å². The molecule has 1 N–H and O–H groups in total. The van der Waals surface area contributed by atoms with Crippen molar-refractivity contribution in [1.29, 1.82) is 0 Å². The van der Waals surface area contributed by atoms with Gasteiger partial charge in [0.15, 0.2) is 6.23 Å². The minimum atomic E-state index is -1.79. The fourth-order valence-electron chi connectivity index (χ4n) is 7.85. The van der Waals surface area contributed by atoms with Gasteiger partial charge in [0.2, 0.25) is 0 Å². The molecule has 3 aromatic carbocycles. The van der Waals surface area contributed by atoms with Gasteiger partial charge in [-0.25, -0.2) is 4.79 Å². The monoisotopic (exact) mass is 887 g/mol. The first-order valence-electron chi connectivity index (χ1n) is 21.0. The first-order valence-corrected chi connectivity index (χ1v) is 22.4. The van der Waals surface area contributed by atoms with Crippen LogP contribution >= 0.6 is 8.30 Å². The van der Waals surface area contributed by atoms with Gasteiger partial charge in [-0.15, -0.1) is 12.3 Å². The predicted octanol–water partition coefficient (Wildman–Crippen LogP) is 6.96. The van der Waals surface area contributed by atoms with Gasteiger partial charge in [0.1, 0.15) is 55.5 Å². The second-order valence-electron chi connectivity index (χ2n) is 16.4. The van der Waals surface area contributed by atoms with E-state index in [2.05, 4.69) is 15.6 Å². The normalized spacial score (nSPS) is 18.4. The minimum Gasteiger partial charge on any atom is -0.497 e. The number of rotatable bonds is 22. The van der Waals surface area contributed by atoms with Crippen molar-refractivity contribution in [3.8, 4) is 23.8 Å². The van der Waals surface area contributed by atoms with Crippen LogP contribution in [0.25, 0.3) is 0 Å². The molecule has 14 nitrogen and oxygen atoms in total. The molecule has 1 aliphatic heterocycles. The Morgan fingerprint density at radius 1 is 0.873 bits per heavy atom. The molecule has 4 aromatic rings. The van der Waals surface area contributed by atoms with E-state index in [0.29, 0.717) is 17.1 Å². The number of methoxy groups -OCH3 is 3. The molecule has 0 aliphatic carbocycles. The molecule has 1 saturated heterocycles. The minimum absolute atomic E-state index is 0.0661. The summed E-state index contributed by atoms with van der Waals surface area (Å²) in [6.07, 6.45) is 3.22. The standard InChI is InChI=1S/C48H62N3O11P/c1-12-26-47(7,8)61-41(52)31-63(51(32(2)3)33(4)5)62-42-40(60-45(43(42)58-28-27-55-9)50-29-34(6)44(53)49-46(50)54)30-59-48(35-16-14-13-15-17-35,36-18-22-38(56-10)23-19-36)37-20-24-39(57-11)25-21-37/h1,13-25,29,32-33,40,42-43,45H,26-28,30-31H2,2-11H3,(H,49,53,54)/t40-,42?,43+,45-,63?/m1/s1. The van der Waals surface area contributed by atoms with E-state index in [1.807, 2.05) is 107 Å². The average Bonchev–Trinajstić information content (AvgIpc) is 3.58. The first kappa shape index (κ1) is 49.2. The Morgan fingerprint density at radius 2 is 1.44 bits per heavy atom. The van der Waals surface area contributed by atoms with Crippen LogP contribution in [-0.2, 0) is 38.6 Å². The van der Waals surface area contributed by atoms with Crippen LogP contribution in [0.2, 0.25) is 0 Å². The molecule has 0 saturated carbocycles. The van der Waals surface area contributed by atoms with E-state index in [1.165, 1.54) is 10.8 Å². The second-order valence-corrected chi connectivity index (χ2v) is 18.1. The molecule has 0 bridgehead atoms. The number of benzene rings is 3. The van der Waals surface area contributed by atoms with E-state index < -0.39 is 61.3 Å². The molecule has 1 aliphatic rings. The summed E-state index contributed by atoms with van der Waals surface area (Å²) in [5.74, 6) is 3.44. The summed E-state index contributed by atoms with van der Waals surface area (Å²) in [7, 11) is 2.99. The molecule has 340 valence electrons. The Bertz CT molecular complexity index is 2180. The maximum Gasteiger partial charge on any atom is 0.330 e. The number of aromatic nitrogens is 2. The fraction of sp³-hybridized carbons (Fsp3) is 0.479. The van der Waals surface area contributed by atoms with Crippen molar-refractivity contribution >= 4 is 14.3 Å². The lowest BCUT2D eigenvalue weighted by Gasteiger charge is -2.40. The highest BCUT2D eigenvalue weighted by Gasteiger charge is 2.51. The zero-order chi connectivity index (χ0) is 45.9. The summed E-state index contributed by atoms with van der Waals surface area (Å²) in [5.41, 5.74) is -0.692. The number of carbonyl (C=O) groups excluding carboxylic acids is 1. The number of H-pyrrole nitrogens is 1. The smallest absolute Gasteiger partial charge is 0.330 e. The summed E-state index contributed by atoms with van der Waals surface area (Å²) in [6.45, 7) is 13.5. The van der Waals surface area contributed by atoms with Crippen molar-refractivity contribution in [3.05, 3.63) is 128 Å². The zero-order valence-electron chi connectivity index (χ0n) is 38.0. The van der Waals surface area contributed by atoms with Crippen molar-refractivity contribution in [1.82, 2.24) is 14.2 Å². The van der Waals surface area contributed by atoms with E-state index in [4.69, 9.17) is 44.1 Å². The van der Waals surface area contributed by atoms with Crippen LogP contribution in [0.1, 0.15) is 76.4 Å².